The number of Topliss-reactive ketones (excluding diaryl/α,β-unsaturated/α-hetero) is 1. The number of carbonyl (C=O) groups is 3. The number of carboxylic acids is 1. The summed E-state index contributed by atoms with van der Waals surface area (Å²) in [4.78, 5) is 38.9. The predicted octanol–water partition coefficient (Wildman–Crippen LogP) is 3.25. The van der Waals surface area contributed by atoms with Gasteiger partial charge in [0.1, 0.15) is 55.1 Å². The van der Waals surface area contributed by atoms with Gasteiger partial charge < -0.3 is 64.5 Å². The summed E-state index contributed by atoms with van der Waals surface area (Å²) in [6.07, 6.45) is -7.18. The normalized spacial score (nSPS) is 45.0. The number of ketones is 1. The molecule has 3 saturated carbocycles. The van der Waals surface area contributed by atoms with E-state index in [0.717, 1.165) is 24.0 Å². The third-order valence-electron chi connectivity index (χ3n) is 16.8. The molecule has 6 aliphatic rings. The third-order valence-corrected chi connectivity index (χ3v) is 16.8. The van der Waals surface area contributed by atoms with Crippen LogP contribution in [-0.4, -0.2) is 144 Å². The molecule has 0 aromatic heterocycles. The van der Waals surface area contributed by atoms with Crippen LogP contribution in [0.3, 0.4) is 0 Å². The molecule has 2 saturated heterocycles. The highest BCUT2D eigenvalue weighted by atomic mass is 16.8. The molecule has 0 aromatic rings. The fourth-order valence-corrected chi connectivity index (χ4v) is 13.0. The van der Waals surface area contributed by atoms with Crippen molar-refractivity contribution in [3.8, 4) is 0 Å². The quantitative estimate of drug-likeness (QED) is 0.0707. The first-order chi connectivity index (χ1) is 29.5. The largest absolute Gasteiger partial charge is 0.481 e. The van der Waals surface area contributed by atoms with Crippen molar-refractivity contribution in [2.75, 3.05) is 6.61 Å². The molecule has 0 spiro atoms. The van der Waals surface area contributed by atoms with Crippen molar-refractivity contribution in [1.82, 2.24) is 0 Å². The number of carboxylic acid groups (broad SMARTS) is 1. The van der Waals surface area contributed by atoms with Crippen molar-refractivity contribution in [2.24, 2.45) is 39.4 Å². The summed E-state index contributed by atoms with van der Waals surface area (Å²) < 4.78 is 30.1. The van der Waals surface area contributed by atoms with E-state index in [9.17, 15) is 50.1 Å². The maximum Gasteiger partial charge on any atom is 0.308 e. The molecule has 9 unspecified atom stereocenters. The number of esters is 1. The van der Waals surface area contributed by atoms with Crippen LogP contribution >= 0.6 is 0 Å². The summed E-state index contributed by atoms with van der Waals surface area (Å²) in [7, 11) is 0. The highest BCUT2D eigenvalue weighted by molar-refractivity contribution is 5.88. The first kappa shape index (κ1) is 50.8. The van der Waals surface area contributed by atoms with E-state index in [0.29, 0.717) is 32.1 Å². The summed E-state index contributed by atoms with van der Waals surface area (Å²) in [6.45, 7) is 20.5. The van der Waals surface area contributed by atoms with Gasteiger partial charge in [0.15, 0.2) is 12.6 Å². The Bertz CT molecular complexity index is 1840. The standard InChI is InChI=1S/C48H74O16/c1-24(2)12-11-18-47(9,59)29-17-19-45(7)30-15-13-26-27(48(30,10)31(49)20-46(29,45)8)14-16-32(43(26,4)5)63-42-40(64-41-39(57)37(55)35(53)25(3)61-41)38(56)36(54)28(62-42)23-60-34(52)22-44(6,58)21-33(50)51/h11-13,25,27-30,32,35-42,53-59H,1,14-23H2,2-10H3,(H,50,51)/b12-11+/t25-,27?,28+,29?,30?,32?,35-,36+,37+,38-,39+,40+,41-,42-,44?,45?,46?,47?,48?/m0/s1. The molecule has 5 fully saturated rings. The summed E-state index contributed by atoms with van der Waals surface area (Å²) >= 11 is 0. The summed E-state index contributed by atoms with van der Waals surface area (Å²) in [6, 6.07) is 0. The molecule has 16 nitrogen and oxygen atoms in total. The number of ether oxygens (including phenoxy) is 5. The van der Waals surface area contributed by atoms with Crippen LogP contribution in [0.15, 0.2) is 36.0 Å². The minimum absolute atomic E-state index is 0.0191. The van der Waals surface area contributed by atoms with Crippen molar-refractivity contribution >= 4 is 17.7 Å². The predicted molar refractivity (Wildman–Crippen MR) is 230 cm³/mol. The number of aliphatic hydroxyl groups is 7. The average molecular weight is 907 g/mol. The van der Waals surface area contributed by atoms with Crippen LogP contribution in [0.25, 0.3) is 0 Å². The monoisotopic (exact) mass is 906 g/mol. The molecule has 0 radical (unpaired) electrons. The van der Waals surface area contributed by atoms with E-state index in [4.69, 9.17) is 28.8 Å². The summed E-state index contributed by atoms with van der Waals surface area (Å²) in [5.74, 6) is -2.30. The van der Waals surface area contributed by atoms with Crippen LogP contribution < -0.4 is 0 Å². The van der Waals surface area contributed by atoms with Crippen molar-refractivity contribution in [3.05, 3.63) is 36.0 Å². The highest BCUT2D eigenvalue weighted by Gasteiger charge is 2.72. The first-order valence-corrected chi connectivity index (χ1v) is 22.9. The number of aliphatic carboxylic acids is 1. The number of hydrogen-bond donors (Lipinski definition) is 8. The number of carbonyl (C=O) groups excluding carboxylic acids is 2. The summed E-state index contributed by atoms with van der Waals surface area (Å²) in [5, 5.41) is 86.2. The molecule has 2 heterocycles. The van der Waals surface area contributed by atoms with Gasteiger partial charge in [-0.1, -0.05) is 70.6 Å². The zero-order valence-corrected chi connectivity index (χ0v) is 38.9. The fourth-order valence-electron chi connectivity index (χ4n) is 13.0. The smallest absolute Gasteiger partial charge is 0.308 e. The Morgan fingerprint density at radius 1 is 0.891 bits per heavy atom. The maximum absolute atomic E-state index is 14.9. The molecule has 0 bridgehead atoms. The molecule has 64 heavy (non-hydrogen) atoms. The van der Waals surface area contributed by atoms with Crippen molar-refractivity contribution in [3.63, 3.8) is 0 Å². The van der Waals surface area contributed by atoms with Crippen LogP contribution in [-0.2, 0) is 38.1 Å². The fraction of sp³-hybridized carbons (Fsp3) is 0.812. The lowest BCUT2D eigenvalue weighted by molar-refractivity contribution is -0.372. The molecule has 8 N–H and O–H groups in total. The topological polar surface area (TPSA) is 259 Å². The van der Waals surface area contributed by atoms with Crippen LogP contribution in [0.2, 0.25) is 0 Å². The maximum atomic E-state index is 14.9. The second-order valence-electron chi connectivity index (χ2n) is 21.8. The minimum Gasteiger partial charge on any atom is -0.481 e. The van der Waals surface area contributed by atoms with Gasteiger partial charge in [0.05, 0.1) is 36.3 Å². The van der Waals surface area contributed by atoms with E-state index in [2.05, 4.69) is 33.4 Å². The van der Waals surface area contributed by atoms with Gasteiger partial charge in [-0.15, -0.1) is 0 Å². The van der Waals surface area contributed by atoms with Gasteiger partial charge in [-0.2, -0.15) is 0 Å². The Morgan fingerprint density at radius 2 is 1.56 bits per heavy atom. The first-order valence-electron chi connectivity index (χ1n) is 22.9. The Hall–Kier alpha value is -2.61. The number of rotatable bonds is 14. The zero-order chi connectivity index (χ0) is 47.7. The van der Waals surface area contributed by atoms with E-state index in [1.54, 1.807) is 0 Å². The van der Waals surface area contributed by atoms with Gasteiger partial charge in [-0.05, 0) is 94.8 Å². The average Bonchev–Trinajstić information content (AvgIpc) is 3.45. The van der Waals surface area contributed by atoms with E-state index >= 15 is 0 Å². The molecule has 362 valence electrons. The lowest BCUT2D eigenvalue weighted by atomic mass is 9.38. The van der Waals surface area contributed by atoms with Crippen LogP contribution in [0.1, 0.15) is 120 Å². The van der Waals surface area contributed by atoms with Gasteiger partial charge in [0, 0.05) is 17.3 Å². The van der Waals surface area contributed by atoms with E-state index in [-0.39, 0.29) is 29.0 Å². The number of allylic oxidation sites excluding steroid dienone is 3. The van der Waals surface area contributed by atoms with Crippen LogP contribution in [0.4, 0.5) is 0 Å². The van der Waals surface area contributed by atoms with Gasteiger partial charge in [0.25, 0.3) is 0 Å². The molecular weight excluding hydrogens is 833 g/mol. The number of hydrogen-bond acceptors (Lipinski definition) is 15. The van der Waals surface area contributed by atoms with Gasteiger partial charge in [-0.25, -0.2) is 0 Å². The molecular formula is C48H74O16. The molecule has 2 aliphatic heterocycles. The molecule has 6 rings (SSSR count). The Labute approximate surface area is 376 Å². The number of fused-ring (bicyclic) bond motifs is 5. The molecule has 0 aromatic carbocycles. The van der Waals surface area contributed by atoms with Crippen molar-refractivity contribution in [1.29, 1.82) is 0 Å². The zero-order valence-electron chi connectivity index (χ0n) is 38.9. The molecule has 19 atom stereocenters. The third kappa shape index (κ3) is 9.07. The van der Waals surface area contributed by atoms with Crippen LogP contribution in [0, 0.1) is 39.4 Å². The van der Waals surface area contributed by atoms with Gasteiger partial charge in [-0.3, -0.25) is 14.4 Å². The van der Waals surface area contributed by atoms with Gasteiger partial charge >= 0.3 is 11.9 Å². The van der Waals surface area contributed by atoms with E-state index in [1.807, 2.05) is 39.8 Å². The van der Waals surface area contributed by atoms with E-state index < -0.39 is 126 Å². The summed E-state index contributed by atoms with van der Waals surface area (Å²) in [5.41, 5.74) is -3.08. The SMILES string of the molecule is C=C(C)/C=C/CC(C)(O)C1CCC2(C)C3CC=C4C(CCC(O[C@@H]5O[C@H](COC(=O)CC(C)(O)CC(=O)O)[C@@H](O)[C@H](O)[C@H]5O[C@@H]5O[C@@H](C)[C@H](O)[C@@H](O)[C@H]5O)C4(C)C)C3(C)C(=O)CC12C. The second-order valence-corrected chi connectivity index (χ2v) is 21.8. The Balaban J connectivity index is 1.26. The molecule has 4 aliphatic carbocycles. The van der Waals surface area contributed by atoms with Crippen molar-refractivity contribution in [2.45, 2.75) is 199 Å². The van der Waals surface area contributed by atoms with Crippen LogP contribution in [0.5, 0.6) is 0 Å². The Kier molecular flexibility index (Phi) is 14.4. The second kappa shape index (κ2) is 18.1. The number of aliphatic hydroxyl groups excluding tert-OH is 5. The van der Waals surface area contributed by atoms with Crippen molar-refractivity contribution < 1.29 is 78.9 Å². The van der Waals surface area contributed by atoms with Gasteiger partial charge in [0.2, 0.25) is 0 Å². The minimum atomic E-state index is -1.92. The lowest BCUT2D eigenvalue weighted by Crippen LogP contribution is -2.65. The molecule has 16 heteroatoms. The lowest BCUT2D eigenvalue weighted by Gasteiger charge is -2.65. The van der Waals surface area contributed by atoms with E-state index in [1.165, 1.54) is 13.8 Å². The highest BCUT2D eigenvalue weighted by Crippen LogP contribution is 2.74. The Morgan fingerprint density at radius 3 is 2.20 bits per heavy atom. The molecule has 0 amide bonds.